The van der Waals surface area contributed by atoms with Crippen molar-refractivity contribution in [3.8, 4) is 5.75 Å². The maximum absolute atomic E-state index is 6.08. The number of hydrogen-bond acceptors (Lipinski definition) is 5. The number of halogens is 1. The van der Waals surface area contributed by atoms with E-state index >= 15 is 0 Å². The molecule has 0 atom stereocenters. The van der Waals surface area contributed by atoms with Crippen molar-refractivity contribution in [1.29, 1.82) is 0 Å². The normalized spacial score (nSPS) is 15.1. The van der Waals surface area contributed by atoms with E-state index in [9.17, 15) is 0 Å². The Morgan fingerprint density at radius 3 is 2.62 bits per heavy atom. The Kier molecular flexibility index (Phi) is 7.57. The van der Waals surface area contributed by atoms with Gasteiger partial charge in [0.25, 0.3) is 0 Å². The molecular weight excluding hydrogens is 437 g/mol. The highest BCUT2D eigenvalue weighted by Gasteiger charge is 2.19. The smallest absolute Gasteiger partial charge is 0.191 e. The fourth-order valence-electron chi connectivity index (χ4n) is 2.44. The molecule has 0 aliphatic carbocycles. The van der Waals surface area contributed by atoms with Gasteiger partial charge in [0.2, 0.25) is 0 Å². The molecule has 1 aliphatic heterocycles. The lowest BCUT2D eigenvalue weighted by atomic mass is 10.3. The molecular formula is C16H22IN5OS. The average molecular weight is 459 g/mol. The van der Waals surface area contributed by atoms with Crippen molar-refractivity contribution < 1.29 is 4.74 Å². The highest BCUT2D eigenvalue weighted by molar-refractivity contribution is 14.0. The van der Waals surface area contributed by atoms with Crippen LogP contribution in [0.4, 0.5) is 5.13 Å². The first-order valence-electron chi connectivity index (χ1n) is 7.70. The van der Waals surface area contributed by atoms with Gasteiger partial charge in [-0.05, 0) is 12.1 Å². The molecule has 1 aliphatic rings. The Labute approximate surface area is 163 Å². The zero-order valence-electron chi connectivity index (χ0n) is 13.4. The summed E-state index contributed by atoms with van der Waals surface area (Å²) >= 11 is 1.67. The van der Waals surface area contributed by atoms with Gasteiger partial charge in [0, 0.05) is 37.8 Å². The van der Waals surface area contributed by atoms with Crippen molar-refractivity contribution in [3.05, 3.63) is 41.9 Å². The molecule has 24 heavy (non-hydrogen) atoms. The third-order valence-electron chi connectivity index (χ3n) is 3.67. The Morgan fingerprint density at radius 1 is 1.21 bits per heavy atom. The molecule has 130 valence electrons. The summed E-state index contributed by atoms with van der Waals surface area (Å²) in [6.45, 7) is 4.68. The summed E-state index contributed by atoms with van der Waals surface area (Å²) in [5.41, 5.74) is 6.08. The molecule has 1 fully saturated rings. The molecule has 0 bridgehead atoms. The van der Waals surface area contributed by atoms with Crippen LogP contribution in [0.5, 0.6) is 5.75 Å². The van der Waals surface area contributed by atoms with Gasteiger partial charge in [-0.2, -0.15) is 0 Å². The molecule has 8 heteroatoms. The summed E-state index contributed by atoms with van der Waals surface area (Å²) < 4.78 is 5.61. The summed E-state index contributed by atoms with van der Waals surface area (Å²) in [5, 5.41) is 3.08. The lowest BCUT2D eigenvalue weighted by Crippen LogP contribution is -2.51. The van der Waals surface area contributed by atoms with E-state index in [2.05, 4.69) is 19.8 Å². The molecule has 2 N–H and O–H groups in total. The van der Waals surface area contributed by atoms with Crippen LogP contribution < -0.4 is 15.4 Å². The molecule has 2 aromatic rings. The van der Waals surface area contributed by atoms with Gasteiger partial charge in [0.15, 0.2) is 11.1 Å². The van der Waals surface area contributed by atoms with Gasteiger partial charge in [-0.1, -0.05) is 18.2 Å². The van der Waals surface area contributed by atoms with E-state index in [1.165, 1.54) is 0 Å². The first kappa shape index (κ1) is 18.8. The minimum Gasteiger partial charge on any atom is -0.492 e. The number of guanidine groups is 1. The largest absolute Gasteiger partial charge is 0.492 e. The van der Waals surface area contributed by atoms with Crippen molar-refractivity contribution in [2.45, 2.75) is 0 Å². The summed E-state index contributed by atoms with van der Waals surface area (Å²) in [6, 6.07) is 9.74. The molecule has 0 saturated carbocycles. The zero-order chi connectivity index (χ0) is 15.9. The summed E-state index contributed by atoms with van der Waals surface area (Å²) in [4.78, 5) is 13.2. The lowest BCUT2D eigenvalue weighted by molar-refractivity contribution is 0.326. The molecule has 0 unspecified atom stereocenters. The van der Waals surface area contributed by atoms with Gasteiger partial charge in [0.1, 0.15) is 12.4 Å². The second-order valence-electron chi connectivity index (χ2n) is 5.19. The monoisotopic (exact) mass is 459 g/mol. The van der Waals surface area contributed by atoms with Crippen molar-refractivity contribution in [3.63, 3.8) is 0 Å². The van der Waals surface area contributed by atoms with Crippen LogP contribution in [0.1, 0.15) is 0 Å². The standard InChI is InChI=1S/C16H21N5OS.HI/c17-15(18-6-12-22-14-4-2-1-3-5-14)20-8-10-21(11-9-20)16-19-7-13-23-16;/h1-5,7,13H,6,8-12H2,(H2,17,18);1H. The van der Waals surface area contributed by atoms with E-state index in [1.54, 1.807) is 11.3 Å². The number of anilines is 1. The SMILES string of the molecule is I.NC(=NCCOc1ccccc1)N1CCN(c2nccs2)CC1. The van der Waals surface area contributed by atoms with E-state index in [-0.39, 0.29) is 24.0 Å². The highest BCUT2D eigenvalue weighted by atomic mass is 127. The summed E-state index contributed by atoms with van der Waals surface area (Å²) in [5.74, 6) is 1.46. The molecule has 1 aromatic heterocycles. The van der Waals surface area contributed by atoms with Crippen LogP contribution in [0.3, 0.4) is 0 Å². The van der Waals surface area contributed by atoms with Crippen LogP contribution in [0.2, 0.25) is 0 Å². The zero-order valence-corrected chi connectivity index (χ0v) is 16.5. The Balaban J connectivity index is 0.00000208. The number of hydrogen-bond donors (Lipinski definition) is 1. The molecule has 1 aromatic carbocycles. The highest BCUT2D eigenvalue weighted by Crippen LogP contribution is 2.18. The Morgan fingerprint density at radius 2 is 1.96 bits per heavy atom. The Hall–Kier alpha value is -1.55. The van der Waals surface area contributed by atoms with Gasteiger partial charge in [-0.15, -0.1) is 35.3 Å². The minimum absolute atomic E-state index is 0. The van der Waals surface area contributed by atoms with Gasteiger partial charge < -0.3 is 20.3 Å². The number of para-hydroxylation sites is 1. The third-order valence-corrected chi connectivity index (χ3v) is 4.50. The summed E-state index contributed by atoms with van der Waals surface area (Å²) in [6.07, 6.45) is 1.84. The van der Waals surface area contributed by atoms with Crippen LogP contribution in [-0.2, 0) is 0 Å². The average Bonchev–Trinajstić information content (AvgIpc) is 3.14. The van der Waals surface area contributed by atoms with Crippen LogP contribution >= 0.6 is 35.3 Å². The first-order chi connectivity index (χ1) is 11.3. The molecule has 0 amide bonds. The number of piperazine rings is 1. The maximum atomic E-state index is 6.08. The quantitative estimate of drug-likeness (QED) is 0.322. The Bertz CT molecular complexity index is 615. The van der Waals surface area contributed by atoms with Gasteiger partial charge >= 0.3 is 0 Å². The maximum Gasteiger partial charge on any atom is 0.191 e. The number of aliphatic imine (C=N–C) groups is 1. The minimum atomic E-state index is 0. The number of aromatic nitrogens is 1. The van der Waals surface area contributed by atoms with E-state index in [1.807, 2.05) is 41.9 Å². The van der Waals surface area contributed by atoms with E-state index in [0.717, 1.165) is 37.1 Å². The van der Waals surface area contributed by atoms with Crippen molar-refractivity contribution >= 4 is 46.4 Å². The van der Waals surface area contributed by atoms with Crippen molar-refractivity contribution in [2.24, 2.45) is 10.7 Å². The molecule has 0 radical (unpaired) electrons. The summed E-state index contributed by atoms with van der Waals surface area (Å²) in [7, 11) is 0. The van der Waals surface area contributed by atoms with Crippen LogP contribution in [-0.4, -0.2) is 55.2 Å². The number of nitrogens with two attached hydrogens (primary N) is 1. The van der Waals surface area contributed by atoms with Crippen molar-refractivity contribution in [2.75, 3.05) is 44.2 Å². The second kappa shape index (κ2) is 9.67. The number of ether oxygens (including phenoxy) is 1. The van der Waals surface area contributed by atoms with E-state index < -0.39 is 0 Å². The molecule has 6 nitrogen and oxygen atoms in total. The number of nitrogens with zero attached hydrogens (tertiary/aromatic N) is 4. The molecule has 1 saturated heterocycles. The van der Waals surface area contributed by atoms with Gasteiger partial charge in [0.05, 0.1) is 6.54 Å². The lowest BCUT2D eigenvalue weighted by Gasteiger charge is -2.35. The fourth-order valence-corrected chi connectivity index (χ4v) is 3.14. The second-order valence-corrected chi connectivity index (χ2v) is 6.06. The predicted molar refractivity (Wildman–Crippen MR) is 110 cm³/mol. The first-order valence-corrected chi connectivity index (χ1v) is 8.58. The number of benzene rings is 1. The number of rotatable bonds is 5. The van der Waals surface area contributed by atoms with Gasteiger partial charge in [-0.25, -0.2) is 9.98 Å². The van der Waals surface area contributed by atoms with Crippen LogP contribution in [0.25, 0.3) is 0 Å². The van der Waals surface area contributed by atoms with Crippen LogP contribution in [0, 0.1) is 0 Å². The molecule has 2 heterocycles. The topological polar surface area (TPSA) is 67.0 Å². The van der Waals surface area contributed by atoms with Crippen molar-refractivity contribution in [1.82, 2.24) is 9.88 Å². The molecule has 3 rings (SSSR count). The van der Waals surface area contributed by atoms with E-state index in [0.29, 0.717) is 19.1 Å². The third kappa shape index (κ3) is 5.23. The van der Waals surface area contributed by atoms with Crippen LogP contribution in [0.15, 0.2) is 46.9 Å². The van der Waals surface area contributed by atoms with E-state index in [4.69, 9.17) is 10.5 Å². The fraction of sp³-hybridized carbons (Fsp3) is 0.375. The van der Waals surface area contributed by atoms with Gasteiger partial charge in [-0.3, -0.25) is 0 Å². The predicted octanol–water partition coefficient (Wildman–Crippen LogP) is 2.28. The number of thiazole rings is 1. The molecule has 0 spiro atoms.